The summed E-state index contributed by atoms with van der Waals surface area (Å²) < 4.78 is 47.2. The molecular formula is C26H20Cl2F3N3O3. The number of benzene rings is 2. The molecule has 0 bridgehead atoms. The van der Waals surface area contributed by atoms with Gasteiger partial charge in [-0.3, -0.25) is 9.78 Å². The second-order valence-electron chi connectivity index (χ2n) is 8.50. The van der Waals surface area contributed by atoms with Crippen LogP contribution in [-0.4, -0.2) is 51.8 Å². The first-order valence-electron chi connectivity index (χ1n) is 11.3. The molecule has 1 amide bonds. The number of pyridine rings is 1. The summed E-state index contributed by atoms with van der Waals surface area (Å²) >= 11 is 13.1. The van der Waals surface area contributed by atoms with Crippen LogP contribution in [0.3, 0.4) is 0 Å². The van der Waals surface area contributed by atoms with Gasteiger partial charge < -0.3 is 19.3 Å². The summed E-state index contributed by atoms with van der Waals surface area (Å²) in [6.45, 7) is 1.59. The number of hydrogen-bond acceptors (Lipinski definition) is 4. The van der Waals surface area contributed by atoms with E-state index in [4.69, 9.17) is 27.9 Å². The van der Waals surface area contributed by atoms with E-state index < -0.39 is 17.8 Å². The average Bonchev–Trinajstić information content (AvgIpc) is 3.28. The summed E-state index contributed by atoms with van der Waals surface area (Å²) in [6.07, 6.45) is -5.34. The minimum atomic E-state index is -4.60. The summed E-state index contributed by atoms with van der Waals surface area (Å²) in [4.78, 5) is 18.7. The highest BCUT2D eigenvalue weighted by Gasteiger charge is 2.33. The van der Waals surface area contributed by atoms with Crippen LogP contribution < -0.4 is 0 Å². The number of halogens is 5. The summed E-state index contributed by atoms with van der Waals surface area (Å²) in [5.41, 5.74) is 0.362. The third-order valence-electron chi connectivity index (χ3n) is 6.23. The van der Waals surface area contributed by atoms with Gasteiger partial charge in [-0.1, -0.05) is 41.4 Å². The molecule has 1 atom stereocenters. The maximum atomic E-state index is 13.5. The number of amides is 1. The predicted molar refractivity (Wildman–Crippen MR) is 133 cm³/mol. The average molecular weight is 550 g/mol. The highest BCUT2D eigenvalue weighted by Crippen LogP contribution is 2.40. The van der Waals surface area contributed by atoms with Gasteiger partial charge in [0, 0.05) is 35.6 Å². The standard InChI is InChI=1S/C26H20Cl2F3N3O3/c27-18-7-6-17(25(36)33-8-10-37-11-9-33)23(28)22(18)24(35)21-13-19-20(12-15(14-32-19)26(29,30)31)34(21)16-4-2-1-3-5-16/h1-7,12-14,24,35H,8-11H2. The molecule has 0 radical (unpaired) electrons. The highest BCUT2D eigenvalue weighted by molar-refractivity contribution is 6.38. The minimum absolute atomic E-state index is 0.0368. The van der Waals surface area contributed by atoms with Crippen molar-refractivity contribution in [1.29, 1.82) is 0 Å². The molecule has 2 aromatic heterocycles. The molecule has 1 fully saturated rings. The van der Waals surface area contributed by atoms with E-state index in [0.717, 1.165) is 12.3 Å². The van der Waals surface area contributed by atoms with Gasteiger partial charge in [0.1, 0.15) is 6.10 Å². The lowest BCUT2D eigenvalue weighted by Crippen LogP contribution is -2.40. The van der Waals surface area contributed by atoms with Crippen molar-refractivity contribution in [1.82, 2.24) is 14.5 Å². The maximum absolute atomic E-state index is 13.5. The number of rotatable bonds is 4. The van der Waals surface area contributed by atoms with Gasteiger partial charge >= 0.3 is 6.18 Å². The van der Waals surface area contributed by atoms with Gasteiger partial charge in [-0.25, -0.2) is 0 Å². The van der Waals surface area contributed by atoms with Crippen LogP contribution in [0, 0.1) is 0 Å². The molecule has 5 rings (SSSR count). The van der Waals surface area contributed by atoms with E-state index >= 15 is 0 Å². The number of morpholine rings is 1. The molecule has 37 heavy (non-hydrogen) atoms. The lowest BCUT2D eigenvalue weighted by Gasteiger charge is -2.28. The number of carbonyl (C=O) groups is 1. The summed E-state index contributed by atoms with van der Waals surface area (Å²) in [6, 6.07) is 14.0. The summed E-state index contributed by atoms with van der Waals surface area (Å²) in [5, 5.41) is 11.6. The Kier molecular flexibility index (Phi) is 6.89. The van der Waals surface area contributed by atoms with Crippen LogP contribution >= 0.6 is 23.2 Å². The Bertz CT molecular complexity index is 1470. The molecule has 0 saturated carbocycles. The van der Waals surface area contributed by atoms with E-state index in [1.54, 1.807) is 35.2 Å². The van der Waals surface area contributed by atoms with Crippen LogP contribution in [0.15, 0.2) is 60.8 Å². The van der Waals surface area contributed by atoms with Crippen molar-refractivity contribution in [2.75, 3.05) is 26.3 Å². The fourth-order valence-electron chi connectivity index (χ4n) is 4.39. The Morgan fingerprint density at radius 3 is 2.43 bits per heavy atom. The minimum Gasteiger partial charge on any atom is -0.382 e. The van der Waals surface area contributed by atoms with Crippen molar-refractivity contribution < 1.29 is 27.8 Å². The van der Waals surface area contributed by atoms with Crippen molar-refractivity contribution in [2.24, 2.45) is 0 Å². The van der Waals surface area contributed by atoms with Crippen molar-refractivity contribution >= 4 is 40.1 Å². The molecule has 1 unspecified atom stereocenters. The van der Waals surface area contributed by atoms with Crippen LogP contribution in [0.25, 0.3) is 16.7 Å². The molecule has 2 aromatic carbocycles. The van der Waals surface area contributed by atoms with E-state index in [1.807, 2.05) is 0 Å². The van der Waals surface area contributed by atoms with Gasteiger partial charge in [0.05, 0.1) is 46.1 Å². The zero-order valence-corrected chi connectivity index (χ0v) is 20.7. The smallest absolute Gasteiger partial charge is 0.382 e. The molecule has 1 saturated heterocycles. The Hall–Kier alpha value is -3.11. The zero-order chi connectivity index (χ0) is 26.3. The lowest BCUT2D eigenvalue weighted by atomic mass is 10.0. The molecule has 192 valence electrons. The van der Waals surface area contributed by atoms with E-state index in [0.29, 0.717) is 32.0 Å². The number of alkyl halides is 3. The summed E-state index contributed by atoms with van der Waals surface area (Å²) in [5.74, 6) is -0.335. The van der Waals surface area contributed by atoms with Gasteiger partial charge in [0.15, 0.2) is 0 Å². The molecule has 0 aliphatic carbocycles. The first-order chi connectivity index (χ1) is 17.7. The molecule has 6 nitrogen and oxygen atoms in total. The Balaban J connectivity index is 1.67. The second-order valence-corrected chi connectivity index (χ2v) is 9.28. The number of hydrogen-bond donors (Lipinski definition) is 1. The van der Waals surface area contributed by atoms with Gasteiger partial charge in [-0.15, -0.1) is 0 Å². The first kappa shape index (κ1) is 25.5. The second kappa shape index (κ2) is 9.98. The molecule has 11 heteroatoms. The van der Waals surface area contributed by atoms with Gasteiger partial charge in [0.25, 0.3) is 5.91 Å². The number of aliphatic hydroxyl groups is 1. The van der Waals surface area contributed by atoms with E-state index in [1.165, 1.54) is 22.8 Å². The van der Waals surface area contributed by atoms with Gasteiger partial charge in [-0.2, -0.15) is 13.2 Å². The number of nitrogens with zero attached hydrogens (tertiary/aromatic N) is 3. The third-order valence-corrected chi connectivity index (χ3v) is 6.97. The lowest BCUT2D eigenvalue weighted by molar-refractivity contribution is -0.137. The monoisotopic (exact) mass is 549 g/mol. The molecule has 1 aliphatic heterocycles. The van der Waals surface area contributed by atoms with Crippen LogP contribution in [0.1, 0.15) is 33.3 Å². The largest absolute Gasteiger partial charge is 0.417 e. The molecular weight excluding hydrogens is 530 g/mol. The molecule has 1 aliphatic rings. The van der Waals surface area contributed by atoms with E-state index in [9.17, 15) is 23.1 Å². The van der Waals surface area contributed by atoms with Crippen LogP contribution in [-0.2, 0) is 10.9 Å². The fourth-order valence-corrected chi connectivity index (χ4v) is 5.05. The summed E-state index contributed by atoms with van der Waals surface area (Å²) in [7, 11) is 0. The highest BCUT2D eigenvalue weighted by atomic mass is 35.5. The Morgan fingerprint density at radius 1 is 1.05 bits per heavy atom. The van der Waals surface area contributed by atoms with Crippen molar-refractivity contribution in [3.8, 4) is 5.69 Å². The number of carbonyl (C=O) groups excluding carboxylic acids is 1. The topological polar surface area (TPSA) is 67.6 Å². The van der Waals surface area contributed by atoms with Crippen molar-refractivity contribution in [2.45, 2.75) is 12.3 Å². The molecule has 4 aromatic rings. The predicted octanol–water partition coefficient (Wildman–Crippen LogP) is 5.91. The molecule has 1 N–H and O–H groups in total. The number of aromatic nitrogens is 2. The number of fused-ring (bicyclic) bond motifs is 1. The fraction of sp³-hybridized carbons (Fsp3) is 0.231. The number of ether oxygens (including phenoxy) is 1. The zero-order valence-electron chi connectivity index (χ0n) is 19.2. The molecule has 0 spiro atoms. The van der Waals surface area contributed by atoms with Crippen LogP contribution in [0.5, 0.6) is 0 Å². The maximum Gasteiger partial charge on any atom is 0.417 e. The Morgan fingerprint density at radius 2 is 1.76 bits per heavy atom. The van der Waals surface area contributed by atoms with Crippen LogP contribution in [0.4, 0.5) is 13.2 Å². The van der Waals surface area contributed by atoms with Crippen molar-refractivity contribution in [3.05, 3.63) is 93.2 Å². The normalized spacial score (nSPS) is 15.2. The number of aliphatic hydroxyl groups excluding tert-OH is 1. The quantitative estimate of drug-likeness (QED) is 0.344. The number of para-hydroxylation sites is 1. The first-order valence-corrected chi connectivity index (χ1v) is 12.1. The van der Waals surface area contributed by atoms with Crippen molar-refractivity contribution in [3.63, 3.8) is 0 Å². The SMILES string of the molecule is O=C(c1ccc(Cl)c(C(O)c2cc3ncc(C(F)(F)F)cc3n2-c2ccccc2)c1Cl)N1CCOCC1. The van der Waals surface area contributed by atoms with E-state index in [-0.39, 0.29) is 43.8 Å². The van der Waals surface area contributed by atoms with Crippen LogP contribution in [0.2, 0.25) is 10.0 Å². The van der Waals surface area contributed by atoms with Gasteiger partial charge in [-0.05, 0) is 36.4 Å². The van der Waals surface area contributed by atoms with Gasteiger partial charge in [0.2, 0.25) is 0 Å². The third kappa shape index (κ3) is 4.80. The Labute approximate surface area is 219 Å². The molecule has 3 heterocycles. The van der Waals surface area contributed by atoms with E-state index in [2.05, 4.69) is 4.98 Å².